The number of amides is 3. The molecule has 0 aliphatic rings. The maximum Gasteiger partial charge on any atom is 0.318 e. The van der Waals surface area contributed by atoms with E-state index in [1.54, 1.807) is 0 Å². The summed E-state index contributed by atoms with van der Waals surface area (Å²) in [6.07, 6.45) is 0.250. The number of hydrogen-bond donors (Lipinski definition) is 3. The van der Waals surface area contributed by atoms with Gasteiger partial charge in [-0.15, -0.1) is 0 Å². The van der Waals surface area contributed by atoms with Crippen LogP contribution in [0.2, 0.25) is 0 Å². The summed E-state index contributed by atoms with van der Waals surface area (Å²) in [6, 6.07) is -0.805. The van der Waals surface area contributed by atoms with E-state index in [0.29, 0.717) is 6.54 Å². The quantitative estimate of drug-likeness (QED) is 0.579. The van der Waals surface area contributed by atoms with Gasteiger partial charge in [0.1, 0.15) is 0 Å². The van der Waals surface area contributed by atoms with Crippen molar-refractivity contribution < 1.29 is 9.59 Å². The van der Waals surface area contributed by atoms with Gasteiger partial charge in [0.25, 0.3) is 0 Å². The molecule has 0 saturated carbocycles. The first-order valence-electron chi connectivity index (χ1n) is 4.15. The van der Waals surface area contributed by atoms with Gasteiger partial charge >= 0.3 is 6.03 Å². The van der Waals surface area contributed by atoms with Crippen LogP contribution in [-0.2, 0) is 4.79 Å². The van der Waals surface area contributed by atoms with Crippen molar-refractivity contribution in [3.05, 3.63) is 0 Å². The highest BCUT2D eigenvalue weighted by Gasteiger charge is 2.09. The van der Waals surface area contributed by atoms with E-state index < -0.39 is 6.03 Å². The predicted molar refractivity (Wildman–Crippen MR) is 50.1 cm³/mol. The summed E-state index contributed by atoms with van der Waals surface area (Å²) in [5.74, 6) is -0.357. The molecular formula is C8H17N3O2. The number of nitrogens with two attached hydrogens (primary N) is 1. The van der Waals surface area contributed by atoms with Crippen LogP contribution in [0.15, 0.2) is 0 Å². The van der Waals surface area contributed by atoms with Crippen molar-refractivity contribution in [1.82, 2.24) is 10.6 Å². The molecule has 0 aromatic rings. The summed E-state index contributed by atoms with van der Waals surface area (Å²) in [6.45, 7) is 6.53. The number of carbonyl (C=O) groups is 2. The zero-order chi connectivity index (χ0) is 10.5. The van der Waals surface area contributed by atoms with E-state index in [0.717, 1.165) is 0 Å². The van der Waals surface area contributed by atoms with Crippen molar-refractivity contribution in [2.24, 2.45) is 5.73 Å². The first-order chi connectivity index (χ1) is 5.81. The van der Waals surface area contributed by atoms with E-state index in [1.807, 2.05) is 26.1 Å². The number of imide groups is 1. The summed E-state index contributed by atoms with van der Waals surface area (Å²) < 4.78 is 0. The van der Waals surface area contributed by atoms with Gasteiger partial charge < -0.3 is 11.1 Å². The lowest BCUT2D eigenvalue weighted by Crippen LogP contribution is -2.40. The summed E-state index contributed by atoms with van der Waals surface area (Å²) in [5, 5.41) is 5.10. The Morgan fingerprint density at radius 3 is 2.23 bits per heavy atom. The van der Waals surface area contributed by atoms with Gasteiger partial charge in [0.2, 0.25) is 5.91 Å². The fourth-order valence-electron chi connectivity index (χ4n) is 0.751. The zero-order valence-corrected chi connectivity index (χ0v) is 8.31. The van der Waals surface area contributed by atoms with Crippen LogP contribution in [0.4, 0.5) is 4.79 Å². The molecule has 0 unspecified atom stereocenters. The Balaban J connectivity index is 3.54. The topological polar surface area (TPSA) is 84.2 Å². The molecule has 5 nitrogen and oxygen atoms in total. The Labute approximate surface area is 78.1 Å². The van der Waals surface area contributed by atoms with Crippen molar-refractivity contribution in [3.63, 3.8) is 0 Å². The molecular weight excluding hydrogens is 170 g/mol. The highest BCUT2D eigenvalue weighted by atomic mass is 16.2. The number of urea groups is 1. The summed E-state index contributed by atoms with van der Waals surface area (Å²) in [5.41, 5.74) is 4.74. The summed E-state index contributed by atoms with van der Waals surface area (Å²) in [4.78, 5) is 21.1. The average Bonchev–Trinajstić information content (AvgIpc) is 1.81. The van der Waals surface area contributed by atoms with E-state index in [4.69, 9.17) is 5.73 Å². The zero-order valence-electron chi connectivity index (χ0n) is 8.31. The molecule has 0 aliphatic carbocycles. The highest BCUT2D eigenvalue weighted by Crippen LogP contribution is 1.97. The third kappa shape index (κ3) is 8.81. The molecule has 0 rings (SSSR count). The first kappa shape index (κ1) is 11.9. The number of hydrogen-bond acceptors (Lipinski definition) is 3. The van der Waals surface area contributed by atoms with E-state index in [1.165, 1.54) is 0 Å². The van der Waals surface area contributed by atoms with Gasteiger partial charge in [-0.3, -0.25) is 10.1 Å². The molecule has 13 heavy (non-hydrogen) atoms. The predicted octanol–water partition coefficient (Wildman–Crippen LogP) is -0.0405. The summed E-state index contributed by atoms with van der Waals surface area (Å²) >= 11 is 0. The van der Waals surface area contributed by atoms with Gasteiger partial charge in [-0.25, -0.2) is 4.79 Å². The molecule has 0 heterocycles. The lowest BCUT2D eigenvalue weighted by atomic mass is 10.1. The number of primary amides is 1. The van der Waals surface area contributed by atoms with Crippen LogP contribution in [0.25, 0.3) is 0 Å². The van der Waals surface area contributed by atoms with Crippen LogP contribution >= 0.6 is 0 Å². The minimum Gasteiger partial charge on any atom is -0.351 e. The SMILES string of the molecule is CC(C)(C)NCCC(=O)NC(N)=O. The molecule has 3 amide bonds. The standard InChI is InChI=1S/C8H17N3O2/c1-8(2,3)10-5-4-6(12)11-7(9)13/h10H,4-5H2,1-3H3,(H3,9,11,12,13). The molecule has 5 heteroatoms. The van der Waals surface area contributed by atoms with E-state index >= 15 is 0 Å². The third-order valence-electron chi connectivity index (χ3n) is 1.27. The van der Waals surface area contributed by atoms with Crippen molar-refractivity contribution in [3.8, 4) is 0 Å². The second kappa shape index (κ2) is 4.81. The van der Waals surface area contributed by atoms with Crippen LogP contribution < -0.4 is 16.4 Å². The molecule has 76 valence electrons. The number of rotatable bonds is 3. The molecule has 0 spiro atoms. The molecule has 4 N–H and O–H groups in total. The van der Waals surface area contributed by atoms with Crippen LogP contribution in [0.1, 0.15) is 27.2 Å². The Morgan fingerprint density at radius 2 is 1.85 bits per heavy atom. The van der Waals surface area contributed by atoms with Crippen molar-refractivity contribution in [2.45, 2.75) is 32.7 Å². The van der Waals surface area contributed by atoms with Crippen LogP contribution in [-0.4, -0.2) is 24.0 Å². The van der Waals surface area contributed by atoms with E-state index in [2.05, 4.69) is 5.32 Å². The van der Waals surface area contributed by atoms with Gasteiger partial charge in [-0.2, -0.15) is 0 Å². The lowest BCUT2D eigenvalue weighted by molar-refractivity contribution is -0.119. The monoisotopic (exact) mass is 187 g/mol. The smallest absolute Gasteiger partial charge is 0.318 e. The maximum absolute atomic E-state index is 10.9. The highest BCUT2D eigenvalue weighted by molar-refractivity contribution is 5.93. The maximum atomic E-state index is 10.9. The van der Waals surface area contributed by atoms with Gasteiger partial charge in [-0.1, -0.05) is 0 Å². The minimum atomic E-state index is -0.805. The fraction of sp³-hybridized carbons (Fsp3) is 0.750. The molecule has 0 atom stereocenters. The van der Waals surface area contributed by atoms with E-state index in [9.17, 15) is 9.59 Å². The molecule has 0 aromatic heterocycles. The Kier molecular flexibility index (Phi) is 4.40. The average molecular weight is 187 g/mol. The van der Waals surface area contributed by atoms with Gasteiger partial charge in [0, 0.05) is 18.5 Å². The Morgan fingerprint density at radius 1 is 1.31 bits per heavy atom. The molecule has 0 aromatic carbocycles. The Bertz CT molecular complexity index is 196. The van der Waals surface area contributed by atoms with E-state index in [-0.39, 0.29) is 17.9 Å². The first-order valence-corrected chi connectivity index (χ1v) is 4.15. The van der Waals surface area contributed by atoms with Crippen molar-refractivity contribution in [2.75, 3.05) is 6.54 Å². The second-order valence-electron chi connectivity index (χ2n) is 3.84. The molecule has 0 aliphatic heterocycles. The van der Waals surface area contributed by atoms with Crippen molar-refractivity contribution in [1.29, 1.82) is 0 Å². The number of nitrogens with one attached hydrogen (secondary N) is 2. The third-order valence-corrected chi connectivity index (χ3v) is 1.27. The Hall–Kier alpha value is -1.10. The molecule has 0 radical (unpaired) electrons. The van der Waals surface area contributed by atoms with Crippen LogP contribution in [0, 0.1) is 0 Å². The normalized spacial score (nSPS) is 11.0. The van der Waals surface area contributed by atoms with Gasteiger partial charge in [0.05, 0.1) is 0 Å². The van der Waals surface area contributed by atoms with Crippen LogP contribution in [0.3, 0.4) is 0 Å². The van der Waals surface area contributed by atoms with Gasteiger partial charge in [0.15, 0.2) is 0 Å². The molecule has 0 fully saturated rings. The molecule has 0 saturated heterocycles. The minimum absolute atomic E-state index is 0.0208. The fourth-order valence-corrected chi connectivity index (χ4v) is 0.751. The van der Waals surface area contributed by atoms with Crippen LogP contribution in [0.5, 0.6) is 0 Å². The second-order valence-corrected chi connectivity index (χ2v) is 3.84. The lowest BCUT2D eigenvalue weighted by Gasteiger charge is -2.19. The van der Waals surface area contributed by atoms with Crippen molar-refractivity contribution >= 4 is 11.9 Å². The number of carbonyl (C=O) groups excluding carboxylic acids is 2. The molecule has 0 bridgehead atoms. The van der Waals surface area contributed by atoms with Gasteiger partial charge in [-0.05, 0) is 20.8 Å². The largest absolute Gasteiger partial charge is 0.351 e. The summed E-state index contributed by atoms with van der Waals surface area (Å²) in [7, 11) is 0.